The minimum absolute atomic E-state index is 0.205. The summed E-state index contributed by atoms with van der Waals surface area (Å²) in [4.78, 5) is 4.44. The average molecular weight is 426 g/mol. The zero-order valence-electron chi connectivity index (χ0n) is 15.8. The number of aromatic nitrogens is 2. The van der Waals surface area contributed by atoms with Gasteiger partial charge >= 0.3 is 6.18 Å². The predicted octanol–water partition coefficient (Wildman–Crippen LogP) is 5.09. The number of nitrogens with one attached hydrogen (secondary N) is 1. The van der Waals surface area contributed by atoms with Crippen molar-refractivity contribution in [3.8, 4) is 16.9 Å². The summed E-state index contributed by atoms with van der Waals surface area (Å²) in [6, 6.07) is 6.54. The molecule has 154 valence electrons. The number of alkyl halides is 3. The van der Waals surface area contributed by atoms with E-state index in [2.05, 4.69) is 10.3 Å². The SMILES string of the molecule is COc1ccc(-c2cc(C(O)C(F)(F)F)c3c(nc4n3CCCN4)c2Cl)c(C)c1. The molecule has 2 aromatic carbocycles. The van der Waals surface area contributed by atoms with Crippen molar-refractivity contribution < 1.29 is 23.0 Å². The minimum Gasteiger partial charge on any atom is -0.497 e. The van der Waals surface area contributed by atoms with E-state index in [0.29, 0.717) is 35.9 Å². The number of imidazole rings is 1. The van der Waals surface area contributed by atoms with Crippen molar-refractivity contribution in [2.75, 3.05) is 19.0 Å². The van der Waals surface area contributed by atoms with Gasteiger partial charge in [0.15, 0.2) is 6.10 Å². The normalized spacial score (nSPS) is 15.1. The topological polar surface area (TPSA) is 59.3 Å². The number of rotatable bonds is 3. The zero-order valence-corrected chi connectivity index (χ0v) is 16.5. The molecule has 0 saturated carbocycles. The lowest BCUT2D eigenvalue weighted by atomic mass is 9.95. The summed E-state index contributed by atoms with van der Waals surface area (Å²) in [7, 11) is 1.54. The third-order valence-corrected chi connectivity index (χ3v) is 5.54. The van der Waals surface area contributed by atoms with E-state index in [0.717, 1.165) is 12.0 Å². The van der Waals surface area contributed by atoms with E-state index in [1.54, 1.807) is 22.8 Å². The molecule has 0 aliphatic carbocycles. The smallest absolute Gasteiger partial charge is 0.418 e. The molecule has 5 nitrogen and oxygen atoms in total. The van der Waals surface area contributed by atoms with Crippen LogP contribution in [0, 0.1) is 6.92 Å². The van der Waals surface area contributed by atoms with Crippen LogP contribution in [-0.4, -0.2) is 34.5 Å². The second kappa shape index (κ2) is 7.11. The van der Waals surface area contributed by atoms with Gasteiger partial charge in [-0.1, -0.05) is 17.7 Å². The third-order valence-electron chi connectivity index (χ3n) is 5.16. The Morgan fingerprint density at radius 1 is 1.28 bits per heavy atom. The summed E-state index contributed by atoms with van der Waals surface area (Å²) in [5.74, 6) is 1.08. The van der Waals surface area contributed by atoms with Crippen LogP contribution >= 0.6 is 11.6 Å². The number of halogens is 4. The molecule has 2 heterocycles. The van der Waals surface area contributed by atoms with Crippen molar-refractivity contribution in [1.29, 1.82) is 0 Å². The Morgan fingerprint density at radius 2 is 2.03 bits per heavy atom. The van der Waals surface area contributed by atoms with Gasteiger partial charge < -0.3 is 19.7 Å². The van der Waals surface area contributed by atoms with E-state index >= 15 is 0 Å². The fraction of sp³-hybridized carbons (Fsp3) is 0.350. The van der Waals surface area contributed by atoms with Crippen molar-refractivity contribution in [2.45, 2.75) is 32.2 Å². The molecule has 0 fully saturated rings. The number of hydrogen-bond acceptors (Lipinski definition) is 4. The maximum atomic E-state index is 13.5. The summed E-state index contributed by atoms with van der Waals surface area (Å²) in [6.07, 6.45) is -6.74. The Hall–Kier alpha value is -2.45. The van der Waals surface area contributed by atoms with Gasteiger partial charge in [0, 0.05) is 24.2 Å². The van der Waals surface area contributed by atoms with Gasteiger partial charge in [-0.2, -0.15) is 13.2 Å². The van der Waals surface area contributed by atoms with E-state index in [4.69, 9.17) is 16.3 Å². The van der Waals surface area contributed by atoms with Gasteiger partial charge in [-0.25, -0.2) is 4.98 Å². The van der Waals surface area contributed by atoms with Crippen molar-refractivity contribution in [2.24, 2.45) is 0 Å². The summed E-state index contributed by atoms with van der Waals surface area (Å²) >= 11 is 6.63. The Kier molecular flexibility index (Phi) is 4.86. The highest BCUT2D eigenvalue weighted by Gasteiger charge is 2.42. The predicted molar refractivity (Wildman–Crippen MR) is 106 cm³/mol. The van der Waals surface area contributed by atoms with Crippen LogP contribution in [0.25, 0.3) is 22.2 Å². The lowest BCUT2D eigenvalue weighted by molar-refractivity contribution is -0.206. The molecule has 1 atom stereocenters. The molecule has 2 N–H and O–H groups in total. The number of anilines is 1. The molecule has 1 unspecified atom stereocenters. The Morgan fingerprint density at radius 3 is 2.69 bits per heavy atom. The van der Waals surface area contributed by atoms with Gasteiger partial charge in [0.05, 0.1) is 17.6 Å². The average Bonchev–Trinajstić information content (AvgIpc) is 3.08. The molecule has 1 aliphatic rings. The maximum absolute atomic E-state index is 13.5. The second-order valence-electron chi connectivity index (χ2n) is 7.02. The zero-order chi connectivity index (χ0) is 20.9. The van der Waals surface area contributed by atoms with Crippen LogP contribution in [0.1, 0.15) is 23.7 Å². The number of fused-ring (bicyclic) bond motifs is 3. The molecule has 0 radical (unpaired) electrons. The number of ether oxygens (including phenoxy) is 1. The standard InChI is InChI=1S/C20H19ClF3N3O2/c1-10-8-11(29-2)4-5-12(10)13-9-14(18(28)20(22,23)24)17-16(15(13)21)26-19-25-6-3-7-27(17)19/h4-5,8-9,18,28H,3,6-7H2,1-2H3,(H,25,26). The number of aliphatic hydroxyl groups is 1. The van der Waals surface area contributed by atoms with E-state index < -0.39 is 12.3 Å². The molecule has 9 heteroatoms. The third kappa shape index (κ3) is 3.30. The highest BCUT2D eigenvalue weighted by Crippen LogP contribution is 2.44. The molecule has 1 aromatic heterocycles. The first-order valence-electron chi connectivity index (χ1n) is 9.08. The summed E-state index contributed by atoms with van der Waals surface area (Å²) < 4.78 is 47.3. The number of aryl methyl sites for hydroxylation is 2. The molecule has 0 bridgehead atoms. The Bertz CT molecular complexity index is 1090. The van der Waals surface area contributed by atoms with E-state index in [1.807, 2.05) is 6.92 Å². The van der Waals surface area contributed by atoms with Crippen molar-refractivity contribution >= 4 is 28.6 Å². The van der Waals surface area contributed by atoms with Crippen LogP contribution in [-0.2, 0) is 6.54 Å². The van der Waals surface area contributed by atoms with E-state index in [1.165, 1.54) is 13.2 Å². The van der Waals surface area contributed by atoms with Gasteiger partial charge in [0.2, 0.25) is 5.95 Å². The lowest BCUT2D eigenvalue weighted by Crippen LogP contribution is -2.22. The molecule has 0 amide bonds. The van der Waals surface area contributed by atoms with Gasteiger partial charge in [0.25, 0.3) is 0 Å². The summed E-state index contributed by atoms with van der Waals surface area (Å²) in [6.45, 7) is 2.98. The first-order chi connectivity index (χ1) is 13.7. The van der Waals surface area contributed by atoms with Crippen LogP contribution in [0.2, 0.25) is 5.02 Å². The number of methoxy groups -OCH3 is 1. The number of benzene rings is 2. The maximum Gasteiger partial charge on any atom is 0.418 e. The van der Waals surface area contributed by atoms with Gasteiger partial charge in [-0.3, -0.25) is 0 Å². The monoisotopic (exact) mass is 425 g/mol. The van der Waals surface area contributed by atoms with Gasteiger partial charge in [-0.05, 0) is 42.7 Å². The number of nitrogens with zero attached hydrogens (tertiary/aromatic N) is 2. The van der Waals surface area contributed by atoms with E-state index in [-0.39, 0.29) is 21.6 Å². The van der Waals surface area contributed by atoms with Crippen LogP contribution in [0.15, 0.2) is 24.3 Å². The van der Waals surface area contributed by atoms with Crippen molar-refractivity contribution in [3.05, 3.63) is 40.4 Å². The molecule has 1 aliphatic heterocycles. The van der Waals surface area contributed by atoms with Crippen molar-refractivity contribution in [3.63, 3.8) is 0 Å². The van der Waals surface area contributed by atoms with Gasteiger partial charge in [-0.15, -0.1) is 0 Å². The quantitative estimate of drug-likeness (QED) is 0.614. The first-order valence-corrected chi connectivity index (χ1v) is 9.46. The largest absolute Gasteiger partial charge is 0.497 e. The fourth-order valence-corrected chi connectivity index (χ4v) is 4.04. The molecule has 29 heavy (non-hydrogen) atoms. The molecular formula is C20H19ClF3N3O2. The second-order valence-corrected chi connectivity index (χ2v) is 7.39. The highest BCUT2D eigenvalue weighted by atomic mass is 35.5. The minimum atomic E-state index is -4.82. The highest BCUT2D eigenvalue weighted by molar-refractivity contribution is 6.38. The first kappa shape index (κ1) is 19.8. The Balaban J connectivity index is 2.03. The van der Waals surface area contributed by atoms with Crippen LogP contribution in [0.4, 0.5) is 19.1 Å². The molecule has 4 rings (SSSR count). The molecule has 0 saturated heterocycles. The fourth-order valence-electron chi connectivity index (χ4n) is 3.75. The van der Waals surface area contributed by atoms with Crippen molar-refractivity contribution in [1.82, 2.24) is 9.55 Å². The van der Waals surface area contributed by atoms with Crippen LogP contribution in [0.3, 0.4) is 0 Å². The van der Waals surface area contributed by atoms with Crippen LogP contribution in [0.5, 0.6) is 5.75 Å². The number of hydrogen-bond donors (Lipinski definition) is 2. The summed E-state index contributed by atoms with van der Waals surface area (Å²) in [5, 5.41) is 13.5. The molecule has 3 aromatic rings. The number of aliphatic hydroxyl groups excluding tert-OH is 1. The molecular weight excluding hydrogens is 407 g/mol. The Labute approximate surface area is 170 Å². The molecule has 0 spiro atoms. The van der Waals surface area contributed by atoms with Crippen LogP contribution < -0.4 is 10.1 Å². The lowest BCUT2D eigenvalue weighted by Gasteiger charge is -2.21. The van der Waals surface area contributed by atoms with Gasteiger partial charge in [0.1, 0.15) is 11.3 Å². The summed E-state index contributed by atoms with van der Waals surface area (Å²) in [5.41, 5.74) is 1.99. The van der Waals surface area contributed by atoms with E-state index in [9.17, 15) is 18.3 Å².